The minimum absolute atomic E-state index is 0.0972. The summed E-state index contributed by atoms with van der Waals surface area (Å²) < 4.78 is 0. The minimum Gasteiger partial charge on any atom is -0.391 e. The molecule has 0 spiro atoms. The summed E-state index contributed by atoms with van der Waals surface area (Å²) in [5, 5.41) is 11.1. The van der Waals surface area contributed by atoms with Crippen LogP contribution in [-0.4, -0.2) is 20.2 Å². The summed E-state index contributed by atoms with van der Waals surface area (Å²) in [6.07, 6.45) is 0. The van der Waals surface area contributed by atoms with Gasteiger partial charge in [-0.15, -0.1) is 6.57 Å². The van der Waals surface area contributed by atoms with Crippen LogP contribution in [0.5, 0.6) is 0 Å². The summed E-state index contributed by atoms with van der Waals surface area (Å²) >= 11 is 0. The van der Waals surface area contributed by atoms with Crippen molar-refractivity contribution >= 4 is 5.95 Å². The van der Waals surface area contributed by atoms with Crippen LogP contribution in [0.1, 0.15) is 20.8 Å². The van der Waals surface area contributed by atoms with Crippen LogP contribution in [-0.2, 0) is 5.54 Å². The molecule has 5 nitrogen and oxygen atoms in total. The molecule has 0 bridgehead atoms. The first-order valence-electron chi connectivity index (χ1n) is 3.22. The molecule has 0 amide bonds. The first kappa shape index (κ1) is 7.66. The molecular weight excluding hydrogens is 142 g/mol. The van der Waals surface area contributed by atoms with Crippen molar-refractivity contribution in [3.05, 3.63) is 11.4 Å². The van der Waals surface area contributed by atoms with Crippen LogP contribution in [0.4, 0.5) is 5.95 Å². The highest BCUT2D eigenvalue weighted by molar-refractivity contribution is 5.19. The van der Waals surface area contributed by atoms with Crippen LogP contribution < -0.4 is 0 Å². The quantitative estimate of drug-likeness (QED) is 0.519. The molecule has 1 aromatic rings. The maximum atomic E-state index is 6.61. The summed E-state index contributed by atoms with van der Waals surface area (Å²) in [7, 11) is 0. The van der Waals surface area contributed by atoms with Gasteiger partial charge in [0.15, 0.2) is 0 Å². The predicted molar refractivity (Wildman–Crippen MR) is 39.1 cm³/mol. The van der Waals surface area contributed by atoms with Crippen molar-refractivity contribution in [2.45, 2.75) is 26.3 Å². The molecule has 0 aliphatic carbocycles. The van der Waals surface area contributed by atoms with Crippen molar-refractivity contribution in [2.75, 3.05) is 0 Å². The molecule has 1 rings (SSSR count). The smallest absolute Gasteiger partial charge is 0.391 e. The zero-order valence-electron chi connectivity index (χ0n) is 6.74. The summed E-state index contributed by atoms with van der Waals surface area (Å²) in [6, 6.07) is 0. The lowest BCUT2D eigenvalue weighted by atomic mass is 10.1. The highest BCUT2D eigenvalue weighted by Gasteiger charge is 2.19. The number of nitrogens with zero attached hydrogens (tertiary/aromatic N) is 5. The topological polar surface area (TPSA) is 48.0 Å². The molecule has 0 N–H and O–H groups in total. The highest BCUT2D eigenvalue weighted by Crippen LogP contribution is 2.10. The van der Waals surface area contributed by atoms with Crippen molar-refractivity contribution in [3.63, 3.8) is 0 Å². The van der Waals surface area contributed by atoms with E-state index in [0.29, 0.717) is 0 Å². The molecule has 58 valence electrons. The highest BCUT2D eigenvalue weighted by atomic mass is 15.6. The van der Waals surface area contributed by atoms with Gasteiger partial charge in [0.1, 0.15) is 0 Å². The van der Waals surface area contributed by atoms with Gasteiger partial charge in [-0.1, -0.05) is 4.80 Å². The Morgan fingerprint density at radius 2 is 2.09 bits per heavy atom. The molecule has 0 saturated carbocycles. The van der Waals surface area contributed by atoms with E-state index in [0.717, 1.165) is 0 Å². The summed E-state index contributed by atoms with van der Waals surface area (Å²) in [5.74, 6) is 0.0972. The first-order chi connectivity index (χ1) is 5.04. The second kappa shape index (κ2) is 2.31. The third-order valence-electron chi connectivity index (χ3n) is 1.10. The Balaban J connectivity index is 3.01. The van der Waals surface area contributed by atoms with E-state index in [1.165, 1.54) is 4.80 Å². The number of aromatic nitrogens is 4. The second-order valence-corrected chi connectivity index (χ2v) is 3.16. The van der Waals surface area contributed by atoms with Crippen LogP contribution in [0.25, 0.3) is 4.85 Å². The third-order valence-corrected chi connectivity index (χ3v) is 1.10. The Bertz CT molecular complexity index is 287. The van der Waals surface area contributed by atoms with Gasteiger partial charge in [-0.3, -0.25) is 0 Å². The zero-order chi connectivity index (χ0) is 8.48. The van der Waals surface area contributed by atoms with Crippen LogP contribution in [0.15, 0.2) is 0 Å². The van der Waals surface area contributed by atoms with Gasteiger partial charge in [-0.25, -0.2) is 0 Å². The van der Waals surface area contributed by atoms with Gasteiger partial charge in [-0.2, -0.15) is 0 Å². The van der Waals surface area contributed by atoms with E-state index in [1.54, 1.807) is 0 Å². The van der Waals surface area contributed by atoms with E-state index < -0.39 is 0 Å². The molecule has 1 heterocycles. The lowest BCUT2D eigenvalue weighted by Gasteiger charge is -2.12. The molecule has 1 aromatic heterocycles. The van der Waals surface area contributed by atoms with Gasteiger partial charge < -0.3 is 4.85 Å². The average molecular weight is 151 g/mol. The van der Waals surface area contributed by atoms with Gasteiger partial charge in [0.25, 0.3) is 0 Å². The van der Waals surface area contributed by atoms with E-state index in [-0.39, 0.29) is 11.5 Å². The van der Waals surface area contributed by atoms with Crippen molar-refractivity contribution < 1.29 is 0 Å². The lowest BCUT2D eigenvalue weighted by molar-refractivity contribution is 0.306. The van der Waals surface area contributed by atoms with Crippen LogP contribution in [0.3, 0.4) is 0 Å². The van der Waals surface area contributed by atoms with E-state index in [2.05, 4.69) is 20.3 Å². The Hall–Kier alpha value is -1.44. The summed E-state index contributed by atoms with van der Waals surface area (Å²) in [6.45, 7) is 12.4. The maximum absolute atomic E-state index is 6.61. The summed E-state index contributed by atoms with van der Waals surface area (Å²) in [5.41, 5.74) is -0.198. The van der Waals surface area contributed by atoms with Gasteiger partial charge in [0.05, 0.1) is 5.54 Å². The van der Waals surface area contributed by atoms with Crippen molar-refractivity contribution in [1.29, 1.82) is 0 Å². The predicted octanol–water partition coefficient (Wildman–Crippen LogP) is 0.979. The molecule has 5 heteroatoms. The molecule has 0 unspecified atom stereocenters. The molecule has 0 fully saturated rings. The lowest BCUT2D eigenvalue weighted by Crippen LogP contribution is -2.24. The van der Waals surface area contributed by atoms with Gasteiger partial charge in [0, 0.05) is 5.21 Å². The fourth-order valence-corrected chi connectivity index (χ4v) is 0.536. The standard InChI is InChI=1S/C6H9N5/c1-6(2,3)11-9-5(7-4)8-10-11/h1-3H3. The number of hydrogen-bond acceptors (Lipinski definition) is 3. The van der Waals surface area contributed by atoms with E-state index in [1.807, 2.05) is 20.8 Å². The Kier molecular flexibility index (Phi) is 1.61. The van der Waals surface area contributed by atoms with Crippen molar-refractivity contribution in [3.8, 4) is 0 Å². The van der Waals surface area contributed by atoms with Crippen LogP contribution >= 0.6 is 0 Å². The Morgan fingerprint density at radius 1 is 1.45 bits per heavy atom. The monoisotopic (exact) mass is 151 g/mol. The fourth-order valence-electron chi connectivity index (χ4n) is 0.536. The van der Waals surface area contributed by atoms with E-state index >= 15 is 0 Å². The van der Waals surface area contributed by atoms with Crippen LogP contribution in [0.2, 0.25) is 0 Å². The molecule has 0 aliphatic rings. The largest absolute Gasteiger partial charge is 0.416 e. The molecule has 11 heavy (non-hydrogen) atoms. The van der Waals surface area contributed by atoms with Gasteiger partial charge >= 0.3 is 5.95 Å². The van der Waals surface area contributed by atoms with Crippen molar-refractivity contribution in [1.82, 2.24) is 20.2 Å². The third kappa shape index (κ3) is 1.52. The SMILES string of the molecule is [C-]#[N+]c1nnn(C(C)(C)C)n1. The van der Waals surface area contributed by atoms with E-state index in [4.69, 9.17) is 6.57 Å². The van der Waals surface area contributed by atoms with Crippen LogP contribution in [0, 0.1) is 6.57 Å². The zero-order valence-corrected chi connectivity index (χ0v) is 6.74. The maximum Gasteiger partial charge on any atom is 0.416 e. The summed E-state index contributed by atoms with van der Waals surface area (Å²) in [4.78, 5) is 4.48. The number of tetrazole rings is 1. The molecule has 0 saturated heterocycles. The number of rotatable bonds is 0. The number of hydrogen-bond donors (Lipinski definition) is 0. The molecule has 0 aliphatic heterocycles. The molecule has 0 aromatic carbocycles. The Labute approximate surface area is 64.8 Å². The molecule has 0 atom stereocenters. The average Bonchev–Trinajstić information content (AvgIpc) is 2.32. The normalized spacial score (nSPS) is 11.1. The first-order valence-corrected chi connectivity index (χ1v) is 3.22. The molecule has 0 radical (unpaired) electrons. The fraction of sp³-hybridized carbons (Fsp3) is 0.667. The van der Waals surface area contributed by atoms with Gasteiger partial charge in [0.2, 0.25) is 0 Å². The van der Waals surface area contributed by atoms with E-state index in [9.17, 15) is 0 Å². The van der Waals surface area contributed by atoms with Gasteiger partial charge in [-0.05, 0) is 31.0 Å². The van der Waals surface area contributed by atoms with Crippen molar-refractivity contribution in [2.24, 2.45) is 0 Å². The second-order valence-electron chi connectivity index (χ2n) is 3.16. The Morgan fingerprint density at radius 3 is 2.36 bits per heavy atom. The molecular formula is C6H9N5. The minimum atomic E-state index is -0.198.